The second-order valence-corrected chi connectivity index (χ2v) is 3.51. The van der Waals surface area contributed by atoms with Crippen molar-refractivity contribution in [2.75, 3.05) is 6.61 Å². The lowest BCUT2D eigenvalue weighted by molar-refractivity contribution is 0.0692. The van der Waals surface area contributed by atoms with Gasteiger partial charge in [-0.05, 0) is 0 Å². The van der Waals surface area contributed by atoms with Crippen LogP contribution in [0.1, 0.15) is 26.5 Å². The molecule has 2 heterocycles. The highest BCUT2D eigenvalue weighted by atomic mass is 32.1. The molecule has 1 aliphatic rings. The van der Waals surface area contributed by atoms with Crippen LogP contribution in [0.15, 0.2) is 5.38 Å². The number of hydrogen-bond acceptors (Lipinski definition) is 4. The first kappa shape index (κ1) is 8.25. The minimum Gasteiger partial charge on any atom is -0.491 e. The van der Waals surface area contributed by atoms with Crippen molar-refractivity contribution in [3.63, 3.8) is 0 Å². The van der Waals surface area contributed by atoms with Crippen LogP contribution in [0, 0.1) is 0 Å². The molecule has 0 fully saturated rings. The molecule has 13 heavy (non-hydrogen) atoms. The van der Waals surface area contributed by atoms with Gasteiger partial charge >= 0.3 is 5.97 Å². The third-order valence-electron chi connectivity index (χ3n) is 1.80. The molecule has 0 aliphatic carbocycles. The van der Waals surface area contributed by atoms with Gasteiger partial charge in [0.05, 0.1) is 6.61 Å². The smallest absolute Gasteiger partial charge is 0.340 e. The number of ether oxygens (including phenoxy) is 1. The third kappa shape index (κ3) is 1.21. The minimum absolute atomic E-state index is 0.0289. The average molecular weight is 198 g/mol. The molecule has 0 atom stereocenters. The Balaban J connectivity index is 2.53. The van der Waals surface area contributed by atoms with E-state index in [0.717, 1.165) is 11.3 Å². The first-order chi connectivity index (χ1) is 6.20. The summed E-state index contributed by atoms with van der Waals surface area (Å²) in [6, 6.07) is 0. The van der Waals surface area contributed by atoms with Crippen LogP contribution in [-0.2, 0) is 0 Å². The molecule has 0 amide bonds. The molecule has 68 valence electrons. The molecule has 1 aromatic rings. The second-order valence-electron chi connectivity index (χ2n) is 2.63. The Hall–Kier alpha value is -1.36. The number of thiophene rings is 1. The van der Waals surface area contributed by atoms with Crippen molar-refractivity contribution in [1.29, 1.82) is 0 Å². The van der Waals surface area contributed by atoms with Crippen LogP contribution < -0.4 is 4.74 Å². The standard InChI is InChI=1S/C8H6O4S/c9-5-1-2-12-6-4(8(10)11)3-13-7(5)6/h3H,1-2H2,(H,10,11). The first-order valence-corrected chi connectivity index (χ1v) is 4.59. The zero-order chi connectivity index (χ0) is 9.42. The Labute approximate surface area is 77.8 Å². The van der Waals surface area contributed by atoms with E-state index in [1.165, 1.54) is 5.38 Å². The quantitative estimate of drug-likeness (QED) is 0.741. The summed E-state index contributed by atoms with van der Waals surface area (Å²) in [7, 11) is 0. The van der Waals surface area contributed by atoms with Gasteiger partial charge in [-0.1, -0.05) is 0 Å². The van der Waals surface area contributed by atoms with Gasteiger partial charge in [0.25, 0.3) is 0 Å². The maximum Gasteiger partial charge on any atom is 0.340 e. The highest BCUT2D eigenvalue weighted by molar-refractivity contribution is 7.12. The summed E-state index contributed by atoms with van der Waals surface area (Å²) in [4.78, 5) is 22.3. The monoisotopic (exact) mass is 198 g/mol. The molecule has 2 rings (SSSR count). The van der Waals surface area contributed by atoms with Crippen molar-refractivity contribution >= 4 is 23.1 Å². The Bertz CT molecular complexity index is 366. The predicted octanol–water partition coefficient (Wildman–Crippen LogP) is 1.41. The molecule has 5 heteroatoms. The molecule has 1 aliphatic heterocycles. The average Bonchev–Trinajstić information content (AvgIpc) is 2.48. The number of hydrogen-bond donors (Lipinski definition) is 1. The minimum atomic E-state index is -1.05. The molecule has 0 saturated heterocycles. The summed E-state index contributed by atoms with van der Waals surface area (Å²) in [5.74, 6) is -0.834. The van der Waals surface area contributed by atoms with Crippen molar-refractivity contribution in [2.24, 2.45) is 0 Å². The maximum absolute atomic E-state index is 11.3. The van der Waals surface area contributed by atoms with Crippen LogP contribution in [-0.4, -0.2) is 23.5 Å². The number of carbonyl (C=O) groups is 2. The Morgan fingerprint density at radius 3 is 3.08 bits per heavy atom. The highest BCUT2D eigenvalue weighted by Crippen LogP contribution is 2.34. The molecular formula is C8H6O4S. The summed E-state index contributed by atoms with van der Waals surface area (Å²) < 4.78 is 5.14. The van der Waals surface area contributed by atoms with Gasteiger partial charge in [0.1, 0.15) is 10.4 Å². The predicted molar refractivity (Wildman–Crippen MR) is 45.7 cm³/mol. The van der Waals surface area contributed by atoms with Gasteiger partial charge in [-0.25, -0.2) is 4.79 Å². The SMILES string of the molecule is O=C(O)c1csc2c1OCCC2=O. The van der Waals surface area contributed by atoms with Crippen molar-refractivity contribution in [3.8, 4) is 5.75 Å². The van der Waals surface area contributed by atoms with E-state index >= 15 is 0 Å². The van der Waals surface area contributed by atoms with E-state index in [9.17, 15) is 9.59 Å². The van der Waals surface area contributed by atoms with Crippen LogP contribution >= 0.6 is 11.3 Å². The lowest BCUT2D eigenvalue weighted by Gasteiger charge is -2.12. The molecule has 0 spiro atoms. The lowest BCUT2D eigenvalue weighted by Crippen LogP contribution is -2.14. The van der Waals surface area contributed by atoms with Crippen LogP contribution in [0.4, 0.5) is 0 Å². The van der Waals surface area contributed by atoms with Gasteiger partial charge in [0.2, 0.25) is 0 Å². The van der Waals surface area contributed by atoms with Gasteiger partial charge < -0.3 is 9.84 Å². The Morgan fingerprint density at radius 1 is 1.62 bits per heavy atom. The van der Waals surface area contributed by atoms with Crippen LogP contribution in [0.5, 0.6) is 5.75 Å². The van der Waals surface area contributed by atoms with Crippen LogP contribution in [0.25, 0.3) is 0 Å². The van der Waals surface area contributed by atoms with Crippen molar-refractivity contribution in [1.82, 2.24) is 0 Å². The molecule has 0 bridgehead atoms. The highest BCUT2D eigenvalue weighted by Gasteiger charge is 2.26. The summed E-state index contributed by atoms with van der Waals surface area (Å²) in [5.41, 5.74) is 0.0908. The molecule has 1 N–H and O–H groups in total. The summed E-state index contributed by atoms with van der Waals surface area (Å²) >= 11 is 1.13. The molecular weight excluding hydrogens is 192 g/mol. The van der Waals surface area contributed by atoms with E-state index in [4.69, 9.17) is 9.84 Å². The molecule has 0 radical (unpaired) electrons. The van der Waals surface area contributed by atoms with E-state index in [0.29, 0.717) is 11.3 Å². The number of carbonyl (C=O) groups excluding carboxylic acids is 1. The number of aromatic carboxylic acids is 1. The number of fused-ring (bicyclic) bond motifs is 1. The summed E-state index contributed by atoms with van der Waals surface area (Å²) in [5, 5.41) is 10.2. The van der Waals surface area contributed by atoms with Crippen LogP contribution in [0.2, 0.25) is 0 Å². The normalized spacial score (nSPS) is 14.9. The lowest BCUT2D eigenvalue weighted by atomic mass is 10.1. The fourth-order valence-electron chi connectivity index (χ4n) is 1.19. The van der Waals surface area contributed by atoms with E-state index < -0.39 is 5.97 Å². The molecule has 4 nitrogen and oxygen atoms in total. The second kappa shape index (κ2) is 2.85. The molecule has 0 unspecified atom stereocenters. The van der Waals surface area contributed by atoms with Crippen molar-refractivity contribution in [3.05, 3.63) is 15.8 Å². The number of ketones is 1. The number of rotatable bonds is 1. The third-order valence-corrected chi connectivity index (χ3v) is 2.81. The molecule has 1 aromatic heterocycles. The van der Waals surface area contributed by atoms with E-state index in [1.54, 1.807) is 0 Å². The van der Waals surface area contributed by atoms with Gasteiger partial charge in [-0.15, -0.1) is 11.3 Å². The largest absolute Gasteiger partial charge is 0.491 e. The van der Waals surface area contributed by atoms with E-state index in [2.05, 4.69) is 0 Å². The van der Waals surface area contributed by atoms with Gasteiger partial charge in [-0.2, -0.15) is 0 Å². The van der Waals surface area contributed by atoms with Crippen LogP contribution in [0.3, 0.4) is 0 Å². The Kier molecular flexibility index (Phi) is 1.81. The number of carboxylic acid groups (broad SMARTS) is 1. The van der Waals surface area contributed by atoms with E-state index in [1.807, 2.05) is 0 Å². The van der Waals surface area contributed by atoms with Crippen molar-refractivity contribution in [2.45, 2.75) is 6.42 Å². The summed E-state index contributed by atoms with van der Waals surface area (Å²) in [6.07, 6.45) is 0.340. The van der Waals surface area contributed by atoms with Gasteiger partial charge in [-0.3, -0.25) is 4.79 Å². The summed E-state index contributed by atoms with van der Waals surface area (Å²) in [6.45, 7) is 0.281. The van der Waals surface area contributed by atoms with E-state index in [-0.39, 0.29) is 23.7 Å². The fraction of sp³-hybridized carbons (Fsp3) is 0.250. The zero-order valence-corrected chi connectivity index (χ0v) is 7.39. The number of Topliss-reactive ketones (excluding diaryl/α,β-unsaturated/α-hetero) is 1. The molecule has 0 saturated carbocycles. The molecule has 0 aromatic carbocycles. The fourth-order valence-corrected chi connectivity index (χ4v) is 2.14. The van der Waals surface area contributed by atoms with Gasteiger partial charge in [0.15, 0.2) is 11.5 Å². The maximum atomic E-state index is 11.3. The zero-order valence-electron chi connectivity index (χ0n) is 6.57. The first-order valence-electron chi connectivity index (χ1n) is 3.71. The van der Waals surface area contributed by atoms with Gasteiger partial charge in [0, 0.05) is 11.8 Å². The Morgan fingerprint density at radius 2 is 2.38 bits per heavy atom. The topological polar surface area (TPSA) is 63.6 Å². The number of carboxylic acids is 1. The van der Waals surface area contributed by atoms with Crippen molar-refractivity contribution < 1.29 is 19.4 Å².